The number of thioether (sulfide) groups is 1. The van der Waals surface area contributed by atoms with Gasteiger partial charge in [0.15, 0.2) is 0 Å². The zero-order valence-electron chi connectivity index (χ0n) is 10.5. The topological polar surface area (TPSA) is 49.3 Å². The molecule has 0 heterocycles. The Labute approximate surface area is 122 Å². The molecule has 110 valence electrons. The molecule has 0 amide bonds. The van der Waals surface area contributed by atoms with Gasteiger partial charge in [-0.2, -0.15) is 8.78 Å². The lowest BCUT2D eigenvalue weighted by atomic mass is 10.1. The van der Waals surface area contributed by atoms with Crippen LogP contribution in [0.5, 0.6) is 0 Å². The van der Waals surface area contributed by atoms with Crippen molar-refractivity contribution in [3.63, 3.8) is 0 Å². The molecule has 0 aliphatic rings. The Hall–Kier alpha value is -2.15. The van der Waals surface area contributed by atoms with Gasteiger partial charge >= 0.3 is 5.97 Å². The van der Waals surface area contributed by atoms with E-state index in [4.69, 9.17) is 5.11 Å². The zero-order valence-corrected chi connectivity index (χ0v) is 11.3. The van der Waals surface area contributed by atoms with Crippen molar-refractivity contribution in [2.24, 2.45) is 0 Å². The maximum atomic E-state index is 13.8. The van der Waals surface area contributed by atoms with Crippen LogP contribution in [0.15, 0.2) is 47.4 Å². The Balaban J connectivity index is 2.41. The van der Waals surface area contributed by atoms with Gasteiger partial charge in [0.1, 0.15) is 5.82 Å². The average molecular weight is 313 g/mol. The van der Waals surface area contributed by atoms with Gasteiger partial charge in [-0.05, 0) is 24.3 Å². The maximum Gasteiger partial charge on any atom is 0.337 e. The van der Waals surface area contributed by atoms with E-state index in [1.165, 1.54) is 24.3 Å². The molecule has 2 rings (SSSR count). The SMILES string of the molecule is O=C(O)c1cccc(F)c1Nc1ccccc1SC(F)F. The summed E-state index contributed by atoms with van der Waals surface area (Å²) in [7, 11) is 0. The molecule has 0 saturated heterocycles. The standard InChI is InChI=1S/C14H10F3NO2S/c15-9-5-3-4-8(13(19)20)12(9)18-10-6-1-2-7-11(10)21-14(16)17/h1-7,14,18H,(H,19,20). The van der Waals surface area contributed by atoms with E-state index < -0.39 is 17.5 Å². The highest BCUT2D eigenvalue weighted by Gasteiger charge is 2.16. The number of alkyl halides is 2. The number of halogens is 3. The summed E-state index contributed by atoms with van der Waals surface area (Å²) >= 11 is 0.299. The molecule has 0 atom stereocenters. The van der Waals surface area contributed by atoms with E-state index in [9.17, 15) is 18.0 Å². The molecular formula is C14H10F3NO2S. The van der Waals surface area contributed by atoms with E-state index in [1.54, 1.807) is 12.1 Å². The fourth-order valence-corrected chi connectivity index (χ4v) is 2.33. The number of anilines is 2. The van der Waals surface area contributed by atoms with Crippen LogP contribution < -0.4 is 5.32 Å². The van der Waals surface area contributed by atoms with Gasteiger partial charge in [0.05, 0.1) is 16.9 Å². The van der Waals surface area contributed by atoms with Crippen molar-refractivity contribution in [2.45, 2.75) is 10.7 Å². The molecule has 0 fully saturated rings. The maximum absolute atomic E-state index is 13.8. The van der Waals surface area contributed by atoms with Crippen molar-refractivity contribution in [3.8, 4) is 0 Å². The Morgan fingerprint density at radius 3 is 2.52 bits per heavy atom. The number of hydrogen-bond acceptors (Lipinski definition) is 3. The molecule has 2 aromatic rings. The van der Waals surface area contributed by atoms with Gasteiger partial charge < -0.3 is 10.4 Å². The second-order valence-corrected chi connectivity index (χ2v) is 5.00. The Morgan fingerprint density at radius 1 is 1.14 bits per heavy atom. The highest BCUT2D eigenvalue weighted by Crippen LogP contribution is 2.34. The number of aromatic carboxylic acids is 1. The molecule has 0 radical (unpaired) electrons. The van der Waals surface area contributed by atoms with Gasteiger partial charge in [0.25, 0.3) is 5.76 Å². The lowest BCUT2D eigenvalue weighted by molar-refractivity contribution is 0.0697. The quantitative estimate of drug-likeness (QED) is 0.793. The first kappa shape index (κ1) is 15.2. The summed E-state index contributed by atoms with van der Waals surface area (Å²) < 4.78 is 38.8. The van der Waals surface area contributed by atoms with Crippen LogP contribution in [0, 0.1) is 5.82 Å². The minimum Gasteiger partial charge on any atom is -0.478 e. The van der Waals surface area contributed by atoms with Crippen LogP contribution in [0.4, 0.5) is 24.5 Å². The third-order valence-electron chi connectivity index (χ3n) is 2.61. The van der Waals surface area contributed by atoms with E-state index in [2.05, 4.69) is 5.32 Å². The van der Waals surface area contributed by atoms with Gasteiger partial charge in [-0.25, -0.2) is 9.18 Å². The number of carbonyl (C=O) groups is 1. The minimum absolute atomic E-state index is 0.201. The number of rotatable bonds is 5. The number of benzene rings is 2. The van der Waals surface area contributed by atoms with Gasteiger partial charge in [0, 0.05) is 4.90 Å². The number of hydrogen-bond donors (Lipinski definition) is 2. The lowest BCUT2D eigenvalue weighted by Gasteiger charge is -2.14. The number of carboxylic acids is 1. The molecule has 7 heteroatoms. The summed E-state index contributed by atoms with van der Waals surface area (Å²) in [5.41, 5.74) is -0.311. The van der Waals surface area contributed by atoms with Gasteiger partial charge in [0.2, 0.25) is 0 Å². The molecule has 0 spiro atoms. The van der Waals surface area contributed by atoms with Gasteiger partial charge in [-0.1, -0.05) is 30.0 Å². The first-order valence-electron chi connectivity index (χ1n) is 5.81. The zero-order chi connectivity index (χ0) is 15.4. The first-order valence-corrected chi connectivity index (χ1v) is 6.69. The summed E-state index contributed by atoms with van der Waals surface area (Å²) in [6.45, 7) is 0. The molecule has 21 heavy (non-hydrogen) atoms. The molecule has 0 unspecified atom stereocenters. The largest absolute Gasteiger partial charge is 0.478 e. The average Bonchev–Trinajstić information content (AvgIpc) is 2.42. The van der Waals surface area contributed by atoms with E-state index >= 15 is 0 Å². The fraction of sp³-hybridized carbons (Fsp3) is 0.0714. The monoisotopic (exact) mass is 313 g/mol. The lowest BCUT2D eigenvalue weighted by Crippen LogP contribution is -2.05. The molecule has 2 N–H and O–H groups in total. The third kappa shape index (κ3) is 3.69. The van der Waals surface area contributed by atoms with Gasteiger partial charge in [-0.3, -0.25) is 0 Å². The van der Waals surface area contributed by atoms with E-state index in [0.717, 1.165) is 6.07 Å². The summed E-state index contributed by atoms with van der Waals surface area (Å²) in [5.74, 6) is -4.71. The third-order valence-corrected chi connectivity index (χ3v) is 3.39. The van der Waals surface area contributed by atoms with Crippen LogP contribution in [-0.2, 0) is 0 Å². The Bertz CT molecular complexity index is 664. The number of para-hydroxylation sites is 2. The molecule has 3 nitrogen and oxygen atoms in total. The van der Waals surface area contributed by atoms with Crippen molar-refractivity contribution in [3.05, 3.63) is 53.8 Å². The summed E-state index contributed by atoms with van der Waals surface area (Å²) in [6, 6.07) is 9.66. The predicted molar refractivity (Wildman–Crippen MR) is 74.9 cm³/mol. The van der Waals surface area contributed by atoms with Crippen LogP contribution in [0.25, 0.3) is 0 Å². The van der Waals surface area contributed by atoms with Crippen LogP contribution in [-0.4, -0.2) is 16.8 Å². The second kappa shape index (κ2) is 6.53. The molecule has 0 bridgehead atoms. The summed E-state index contributed by atoms with van der Waals surface area (Å²) in [5, 5.41) is 11.6. The highest BCUT2D eigenvalue weighted by atomic mass is 32.2. The minimum atomic E-state index is -2.63. The molecule has 0 aliphatic heterocycles. The Kier molecular flexibility index (Phi) is 4.74. The van der Waals surface area contributed by atoms with Crippen LogP contribution in [0.3, 0.4) is 0 Å². The molecule has 0 aromatic heterocycles. The number of nitrogens with one attached hydrogen (secondary N) is 1. The van der Waals surface area contributed by atoms with Gasteiger partial charge in [-0.15, -0.1) is 0 Å². The molecular weight excluding hydrogens is 303 g/mol. The molecule has 0 saturated carbocycles. The molecule has 0 aliphatic carbocycles. The highest BCUT2D eigenvalue weighted by molar-refractivity contribution is 7.99. The van der Waals surface area contributed by atoms with Crippen LogP contribution >= 0.6 is 11.8 Å². The van der Waals surface area contributed by atoms with Crippen LogP contribution in [0.1, 0.15) is 10.4 Å². The van der Waals surface area contributed by atoms with Crippen molar-refractivity contribution in [1.29, 1.82) is 0 Å². The predicted octanol–water partition coefficient (Wildman–Crippen LogP) is 4.58. The first-order chi connectivity index (χ1) is 9.99. The van der Waals surface area contributed by atoms with Crippen molar-refractivity contribution in [2.75, 3.05) is 5.32 Å². The molecule has 2 aromatic carbocycles. The van der Waals surface area contributed by atoms with Crippen molar-refractivity contribution >= 4 is 29.1 Å². The van der Waals surface area contributed by atoms with Crippen molar-refractivity contribution in [1.82, 2.24) is 0 Å². The van der Waals surface area contributed by atoms with E-state index in [-0.39, 0.29) is 21.8 Å². The smallest absolute Gasteiger partial charge is 0.337 e. The van der Waals surface area contributed by atoms with Crippen LogP contribution in [0.2, 0.25) is 0 Å². The fourth-order valence-electron chi connectivity index (χ4n) is 1.73. The van der Waals surface area contributed by atoms with E-state index in [1.807, 2.05) is 0 Å². The normalized spacial score (nSPS) is 10.7. The number of carboxylic acid groups (broad SMARTS) is 1. The summed E-state index contributed by atoms with van der Waals surface area (Å²) in [6.07, 6.45) is 0. The Morgan fingerprint density at radius 2 is 1.86 bits per heavy atom. The summed E-state index contributed by atoms with van der Waals surface area (Å²) in [4.78, 5) is 11.3. The second-order valence-electron chi connectivity index (χ2n) is 3.97. The van der Waals surface area contributed by atoms with E-state index in [0.29, 0.717) is 11.8 Å². The van der Waals surface area contributed by atoms with Crippen molar-refractivity contribution < 1.29 is 23.1 Å².